The summed E-state index contributed by atoms with van der Waals surface area (Å²) in [5, 5.41) is 0. The van der Waals surface area contributed by atoms with Gasteiger partial charge < -0.3 is 0 Å². The summed E-state index contributed by atoms with van der Waals surface area (Å²) in [6, 6.07) is 12.4. The minimum atomic E-state index is -0.564. The Bertz CT molecular complexity index is 908. The van der Waals surface area contributed by atoms with Gasteiger partial charge in [-0.05, 0) is 43.7 Å². The molecule has 0 saturated carbocycles. The maximum Gasteiger partial charge on any atom is 0.358 e. The topological polar surface area (TPSA) is 56.4 Å². The molecular weight excluding hydrogens is 254 g/mol. The quantitative estimate of drug-likeness (QED) is 0.670. The summed E-state index contributed by atoms with van der Waals surface area (Å²) in [4.78, 5) is 28.7. The lowest BCUT2D eigenvalue weighted by atomic mass is 10.2. The van der Waals surface area contributed by atoms with E-state index in [1.165, 1.54) is 4.40 Å². The Morgan fingerprint density at radius 2 is 1.70 bits per heavy atom. The number of aryl methyl sites for hydroxylation is 2. The Balaban J connectivity index is 2.48. The van der Waals surface area contributed by atoms with Crippen LogP contribution in [0.15, 0.2) is 52.1 Å². The van der Waals surface area contributed by atoms with Gasteiger partial charge in [0.25, 0.3) is 0 Å². The second-order valence-electron chi connectivity index (χ2n) is 4.72. The highest BCUT2D eigenvalue weighted by atomic mass is 16.2. The third-order valence-electron chi connectivity index (χ3n) is 3.17. The monoisotopic (exact) mass is 267 g/mol. The number of fused-ring (bicyclic) bond motifs is 1. The van der Waals surface area contributed by atoms with Crippen molar-refractivity contribution in [1.29, 1.82) is 0 Å². The lowest BCUT2D eigenvalue weighted by Crippen LogP contribution is -2.38. The standard InChI is InChI=1S/C15H13N3O2/c1-10-8-11(2)17-13(9-10)16-14(19)18(15(17)20)12-6-4-3-5-7-12/h3-9H,1-2H3. The predicted octanol–water partition coefficient (Wildman–Crippen LogP) is 1.46. The predicted molar refractivity (Wildman–Crippen MR) is 76.5 cm³/mol. The molecule has 2 aromatic heterocycles. The highest BCUT2D eigenvalue weighted by molar-refractivity contribution is 5.43. The Morgan fingerprint density at radius 3 is 2.40 bits per heavy atom. The minimum absolute atomic E-state index is 0.379. The molecule has 100 valence electrons. The van der Waals surface area contributed by atoms with Gasteiger partial charge in [-0.2, -0.15) is 4.98 Å². The number of rotatable bonds is 1. The van der Waals surface area contributed by atoms with Crippen LogP contribution in [0.4, 0.5) is 0 Å². The number of aromatic nitrogens is 3. The SMILES string of the molecule is Cc1cc(C)n2c(=O)n(-c3ccccc3)c(=O)nc2c1. The molecule has 0 saturated heterocycles. The van der Waals surface area contributed by atoms with Gasteiger partial charge in [0.1, 0.15) is 5.65 Å². The summed E-state index contributed by atoms with van der Waals surface area (Å²) in [5.41, 5.74) is 1.65. The lowest BCUT2D eigenvalue weighted by Gasteiger charge is -2.09. The van der Waals surface area contributed by atoms with Gasteiger partial charge in [-0.15, -0.1) is 0 Å². The molecule has 0 amide bonds. The van der Waals surface area contributed by atoms with Crippen molar-refractivity contribution in [2.75, 3.05) is 0 Å². The van der Waals surface area contributed by atoms with Crippen molar-refractivity contribution in [2.24, 2.45) is 0 Å². The molecule has 5 nitrogen and oxygen atoms in total. The molecule has 5 heteroatoms. The first-order chi connectivity index (χ1) is 9.58. The fourth-order valence-electron chi connectivity index (χ4n) is 2.34. The number of nitrogens with zero attached hydrogens (tertiary/aromatic N) is 3. The van der Waals surface area contributed by atoms with E-state index in [1.54, 1.807) is 30.3 Å². The van der Waals surface area contributed by atoms with Crippen LogP contribution >= 0.6 is 0 Å². The summed E-state index contributed by atoms with van der Waals surface area (Å²) >= 11 is 0. The summed E-state index contributed by atoms with van der Waals surface area (Å²) in [6.07, 6.45) is 0. The van der Waals surface area contributed by atoms with Gasteiger partial charge in [0, 0.05) is 5.69 Å². The van der Waals surface area contributed by atoms with E-state index < -0.39 is 11.4 Å². The lowest BCUT2D eigenvalue weighted by molar-refractivity contribution is 0.780. The first kappa shape index (κ1) is 12.3. The van der Waals surface area contributed by atoms with E-state index in [4.69, 9.17) is 0 Å². The van der Waals surface area contributed by atoms with E-state index in [1.807, 2.05) is 26.0 Å². The second-order valence-corrected chi connectivity index (χ2v) is 4.72. The molecule has 0 aliphatic heterocycles. The average Bonchev–Trinajstić information content (AvgIpc) is 2.38. The normalized spacial score (nSPS) is 10.9. The zero-order chi connectivity index (χ0) is 14.3. The highest BCUT2D eigenvalue weighted by Crippen LogP contribution is 2.06. The van der Waals surface area contributed by atoms with Crippen molar-refractivity contribution in [3.8, 4) is 5.69 Å². The van der Waals surface area contributed by atoms with E-state index in [2.05, 4.69) is 4.98 Å². The van der Waals surface area contributed by atoms with Crippen LogP contribution in [0.25, 0.3) is 11.3 Å². The minimum Gasteiger partial charge on any atom is -0.250 e. The molecule has 3 rings (SSSR count). The summed E-state index contributed by atoms with van der Waals surface area (Å²) in [5.74, 6) is 0. The molecule has 0 aliphatic carbocycles. The molecule has 0 atom stereocenters. The third kappa shape index (κ3) is 1.84. The first-order valence-electron chi connectivity index (χ1n) is 6.26. The van der Waals surface area contributed by atoms with Crippen molar-refractivity contribution >= 4 is 5.65 Å². The zero-order valence-electron chi connectivity index (χ0n) is 11.2. The van der Waals surface area contributed by atoms with Crippen LogP contribution in [-0.4, -0.2) is 14.0 Å². The maximum absolute atomic E-state index is 12.6. The number of para-hydroxylation sites is 1. The molecule has 3 aromatic rings. The largest absolute Gasteiger partial charge is 0.358 e. The van der Waals surface area contributed by atoms with Crippen molar-refractivity contribution in [2.45, 2.75) is 13.8 Å². The Labute approximate surface area is 114 Å². The van der Waals surface area contributed by atoms with Gasteiger partial charge in [-0.1, -0.05) is 18.2 Å². The molecule has 1 aromatic carbocycles. The van der Waals surface area contributed by atoms with Crippen molar-refractivity contribution in [3.63, 3.8) is 0 Å². The summed E-state index contributed by atoms with van der Waals surface area (Å²) < 4.78 is 2.52. The molecule has 2 heterocycles. The molecule has 0 unspecified atom stereocenters. The fraction of sp³-hybridized carbons (Fsp3) is 0.133. The van der Waals surface area contributed by atoms with E-state index in [9.17, 15) is 9.59 Å². The summed E-state index contributed by atoms with van der Waals surface area (Å²) in [6.45, 7) is 3.73. The highest BCUT2D eigenvalue weighted by Gasteiger charge is 2.11. The van der Waals surface area contributed by atoms with Crippen molar-refractivity contribution < 1.29 is 0 Å². The number of benzene rings is 1. The van der Waals surface area contributed by atoms with E-state index in [-0.39, 0.29) is 0 Å². The molecule has 20 heavy (non-hydrogen) atoms. The van der Waals surface area contributed by atoms with Gasteiger partial charge in [0.05, 0.1) is 5.69 Å². The fourth-order valence-corrected chi connectivity index (χ4v) is 2.34. The zero-order valence-corrected chi connectivity index (χ0v) is 11.2. The molecule has 0 radical (unpaired) electrons. The van der Waals surface area contributed by atoms with Gasteiger partial charge in [0.2, 0.25) is 0 Å². The van der Waals surface area contributed by atoms with E-state index in [0.717, 1.165) is 15.8 Å². The first-order valence-corrected chi connectivity index (χ1v) is 6.26. The molecule has 0 aliphatic rings. The number of pyridine rings is 1. The average molecular weight is 267 g/mol. The van der Waals surface area contributed by atoms with Crippen LogP contribution in [-0.2, 0) is 0 Å². The van der Waals surface area contributed by atoms with Gasteiger partial charge in [0.15, 0.2) is 0 Å². The Hall–Kier alpha value is -2.69. The van der Waals surface area contributed by atoms with Crippen LogP contribution in [0, 0.1) is 13.8 Å². The molecule has 0 bridgehead atoms. The second kappa shape index (κ2) is 4.45. The number of hydrogen-bond donors (Lipinski definition) is 0. The molecule has 0 fully saturated rings. The third-order valence-corrected chi connectivity index (χ3v) is 3.17. The Kier molecular flexibility index (Phi) is 2.75. The smallest absolute Gasteiger partial charge is 0.250 e. The van der Waals surface area contributed by atoms with Gasteiger partial charge in [-0.25, -0.2) is 18.6 Å². The summed E-state index contributed by atoms with van der Waals surface area (Å²) in [7, 11) is 0. The van der Waals surface area contributed by atoms with Crippen LogP contribution < -0.4 is 11.4 Å². The van der Waals surface area contributed by atoms with E-state index >= 15 is 0 Å². The Morgan fingerprint density at radius 1 is 1.00 bits per heavy atom. The van der Waals surface area contributed by atoms with Crippen LogP contribution in [0.1, 0.15) is 11.3 Å². The number of hydrogen-bond acceptors (Lipinski definition) is 3. The van der Waals surface area contributed by atoms with Crippen LogP contribution in [0.2, 0.25) is 0 Å². The van der Waals surface area contributed by atoms with Crippen LogP contribution in [0.5, 0.6) is 0 Å². The molecule has 0 N–H and O–H groups in total. The van der Waals surface area contributed by atoms with Crippen molar-refractivity contribution in [3.05, 3.63) is 74.7 Å². The van der Waals surface area contributed by atoms with Crippen LogP contribution in [0.3, 0.4) is 0 Å². The van der Waals surface area contributed by atoms with Gasteiger partial charge >= 0.3 is 11.4 Å². The van der Waals surface area contributed by atoms with Gasteiger partial charge in [-0.3, -0.25) is 0 Å². The molecule has 0 spiro atoms. The van der Waals surface area contributed by atoms with Crippen molar-refractivity contribution in [1.82, 2.24) is 14.0 Å². The molecular formula is C15H13N3O2. The van der Waals surface area contributed by atoms with E-state index in [0.29, 0.717) is 11.3 Å². The maximum atomic E-state index is 12.6.